The first-order valence-corrected chi connectivity index (χ1v) is 11.1. The van der Waals surface area contributed by atoms with Crippen LogP contribution in [0.4, 0.5) is 19.0 Å². The third-order valence-corrected chi connectivity index (χ3v) is 5.61. The largest absolute Gasteiger partial charge is 0.489 e. The van der Waals surface area contributed by atoms with Crippen molar-refractivity contribution < 1.29 is 17.9 Å². The minimum Gasteiger partial charge on any atom is -0.489 e. The van der Waals surface area contributed by atoms with Gasteiger partial charge < -0.3 is 9.30 Å². The Bertz CT molecular complexity index is 1310. The van der Waals surface area contributed by atoms with Gasteiger partial charge in [0.25, 0.3) is 0 Å². The summed E-state index contributed by atoms with van der Waals surface area (Å²) in [4.78, 5) is 3.75. The molecule has 0 bridgehead atoms. The van der Waals surface area contributed by atoms with Crippen molar-refractivity contribution in [3.63, 3.8) is 0 Å². The van der Waals surface area contributed by atoms with Crippen LogP contribution in [0.5, 0.6) is 5.75 Å². The van der Waals surface area contributed by atoms with Crippen molar-refractivity contribution in [1.82, 2.24) is 9.55 Å². The lowest BCUT2D eigenvalue weighted by atomic mass is 10.2. The van der Waals surface area contributed by atoms with Crippen LogP contribution >= 0.6 is 11.6 Å². The Labute approximate surface area is 205 Å². The highest BCUT2D eigenvalue weighted by molar-refractivity contribution is 6.30. The molecule has 0 unspecified atom stereocenters. The molecule has 5 nitrogen and oxygen atoms in total. The maximum atomic E-state index is 12.7. The Kier molecular flexibility index (Phi) is 7.12. The normalized spacial score (nSPS) is 11.7. The zero-order valence-electron chi connectivity index (χ0n) is 19.0. The topological polar surface area (TPSA) is 51.4 Å². The van der Waals surface area contributed by atoms with Crippen molar-refractivity contribution in [2.45, 2.75) is 26.6 Å². The molecule has 0 aliphatic carbocycles. The molecule has 0 saturated heterocycles. The van der Waals surface area contributed by atoms with Crippen LogP contribution in [0.15, 0.2) is 78.0 Å². The van der Waals surface area contributed by atoms with Gasteiger partial charge in [-0.05, 0) is 74.0 Å². The molecule has 0 atom stereocenters. The maximum Gasteiger partial charge on any atom is 0.417 e. The minimum atomic E-state index is -4.42. The number of anilines is 1. The Morgan fingerprint density at radius 1 is 1.03 bits per heavy atom. The van der Waals surface area contributed by atoms with Crippen molar-refractivity contribution in [3.8, 4) is 11.4 Å². The molecule has 0 radical (unpaired) electrons. The average molecular weight is 499 g/mol. The average Bonchev–Trinajstić information content (AvgIpc) is 3.11. The van der Waals surface area contributed by atoms with Gasteiger partial charge in [0.2, 0.25) is 0 Å². The van der Waals surface area contributed by atoms with Crippen molar-refractivity contribution in [3.05, 3.63) is 106 Å². The summed E-state index contributed by atoms with van der Waals surface area (Å²) in [5, 5.41) is 4.81. The molecule has 0 aliphatic rings. The SMILES string of the molecule is Cc1cc(/C=N\Nc2ccc(C(F)(F)F)cn2)c(C)n1-c1ccc(OCc2ccc(Cl)cc2)cc1. The monoisotopic (exact) mass is 498 g/mol. The van der Waals surface area contributed by atoms with E-state index in [9.17, 15) is 13.2 Å². The third kappa shape index (κ3) is 6.02. The number of hydrogen-bond donors (Lipinski definition) is 1. The van der Waals surface area contributed by atoms with E-state index in [1.54, 1.807) is 6.21 Å². The van der Waals surface area contributed by atoms with Gasteiger partial charge in [0.15, 0.2) is 0 Å². The van der Waals surface area contributed by atoms with Gasteiger partial charge in [-0.3, -0.25) is 5.43 Å². The number of halogens is 4. The number of nitrogens with one attached hydrogen (secondary N) is 1. The zero-order chi connectivity index (χ0) is 25.0. The molecule has 0 amide bonds. The number of pyridine rings is 1. The summed E-state index contributed by atoms with van der Waals surface area (Å²) in [5.74, 6) is 0.971. The summed E-state index contributed by atoms with van der Waals surface area (Å²) in [6.07, 6.45) is -2.04. The molecule has 2 aromatic carbocycles. The summed E-state index contributed by atoms with van der Waals surface area (Å²) in [7, 11) is 0. The standard InChI is InChI=1S/C26H22ClF3N4O/c1-17-13-20(14-32-33-25-12-5-21(15-31-25)26(28,29)30)18(2)34(17)23-8-10-24(11-9-23)35-16-19-3-6-22(27)7-4-19/h3-15H,16H2,1-2H3,(H,31,33)/b32-14-. The number of hydrazone groups is 1. The molecular formula is C26H22ClF3N4O. The van der Waals surface area contributed by atoms with E-state index in [1.807, 2.05) is 68.4 Å². The van der Waals surface area contributed by atoms with Crippen LogP contribution in [0.3, 0.4) is 0 Å². The Hall–Kier alpha value is -3.78. The van der Waals surface area contributed by atoms with Crippen LogP contribution in [0.2, 0.25) is 5.02 Å². The van der Waals surface area contributed by atoms with E-state index in [1.165, 1.54) is 6.07 Å². The summed E-state index contributed by atoms with van der Waals surface area (Å²) >= 11 is 5.91. The quantitative estimate of drug-likeness (QED) is 0.217. The van der Waals surface area contributed by atoms with E-state index >= 15 is 0 Å². The number of aryl methyl sites for hydroxylation is 1. The number of nitrogens with zero attached hydrogens (tertiary/aromatic N) is 3. The van der Waals surface area contributed by atoms with Crippen LogP contribution < -0.4 is 10.2 Å². The molecule has 2 aromatic heterocycles. The van der Waals surface area contributed by atoms with Gasteiger partial charge in [0.05, 0.1) is 11.8 Å². The van der Waals surface area contributed by atoms with Gasteiger partial charge >= 0.3 is 6.18 Å². The molecule has 0 spiro atoms. The number of aromatic nitrogens is 2. The first-order valence-electron chi connectivity index (χ1n) is 10.7. The van der Waals surface area contributed by atoms with E-state index in [-0.39, 0.29) is 5.82 Å². The van der Waals surface area contributed by atoms with E-state index < -0.39 is 11.7 Å². The number of benzene rings is 2. The highest BCUT2D eigenvalue weighted by atomic mass is 35.5. The molecule has 4 rings (SSSR count). The molecule has 0 fully saturated rings. The third-order valence-electron chi connectivity index (χ3n) is 5.36. The Morgan fingerprint density at radius 3 is 2.37 bits per heavy atom. The second kappa shape index (κ2) is 10.2. The molecule has 180 valence electrons. The number of ether oxygens (including phenoxy) is 1. The summed E-state index contributed by atoms with van der Waals surface area (Å²) < 4.78 is 45.9. The fraction of sp³-hybridized carbons (Fsp3) is 0.154. The first-order chi connectivity index (χ1) is 16.7. The molecule has 0 aliphatic heterocycles. The minimum absolute atomic E-state index is 0.220. The van der Waals surface area contributed by atoms with Crippen molar-refractivity contribution in [1.29, 1.82) is 0 Å². The highest BCUT2D eigenvalue weighted by Crippen LogP contribution is 2.29. The second-order valence-electron chi connectivity index (χ2n) is 7.87. The van der Waals surface area contributed by atoms with Crippen LogP contribution in [0.1, 0.15) is 28.1 Å². The van der Waals surface area contributed by atoms with Gasteiger partial charge in [0, 0.05) is 33.9 Å². The Balaban J connectivity index is 1.41. The second-order valence-corrected chi connectivity index (χ2v) is 8.31. The molecular weight excluding hydrogens is 477 g/mol. The molecule has 4 aromatic rings. The predicted molar refractivity (Wildman–Crippen MR) is 131 cm³/mol. The smallest absolute Gasteiger partial charge is 0.417 e. The number of hydrogen-bond acceptors (Lipinski definition) is 4. The first kappa shape index (κ1) is 24.3. The van der Waals surface area contributed by atoms with Crippen molar-refractivity contribution >= 4 is 23.6 Å². The van der Waals surface area contributed by atoms with Crippen LogP contribution in [-0.2, 0) is 12.8 Å². The van der Waals surface area contributed by atoms with E-state index in [4.69, 9.17) is 16.3 Å². The lowest BCUT2D eigenvalue weighted by Gasteiger charge is -2.11. The van der Waals surface area contributed by atoms with E-state index in [0.29, 0.717) is 11.6 Å². The molecule has 2 heterocycles. The zero-order valence-corrected chi connectivity index (χ0v) is 19.7. The van der Waals surface area contributed by atoms with Gasteiger partial charge in [0.1, 0.15) is 18.2 Å². The van der Waals surface area contributed by atoms with Crippen LogP contribution in [0.25, 0.3) is 5.69 Å². The highest BCUT2D eigenvalue weighted by Gasteiger charge is 2.30. The molecule has 0 saturated carbocycles. The van der Waals surface area contributed by atoms with Gasteiger partial charge in [-0.25, -0.2) is 4.98 Å². The fourth-order valence-corrected chi connectivity index (χ4v) is 3.68. The van der Waals surface area contributed by atoms with E-state index in [0.717, 1.165) is 46.2 Å². The molecule has 35 heavy (non-hydrogen) atoms. The van der Waals surface area contributed by atoms with Gasteiger partial charge in [-0.1, -0.05) is 23.7 Å². The van der Waals surface area contributed by atoms with Gasteiger partial charge in [-0.15, -0.1) is 0 Å². The lowest BCUT2D eigenvalue weighted by molar-refractivity contribution is -0.137. The van der Waals surface area contributed by atoms with Crippen molar-refractivity contribution in [2.24, 2.45) is 5.10 Å². The number of rotatable bonds is 7. The van der Waals surface area contributed by atoms with E-state index in [2.05, 4.69) is 20.1 Å². The summed E-state index contributed by atoms with van der Waals surface area (Å²) in [6, 6.07) is 19.5. The van der Waals surface area contributed by atoms with Gasteiger partial charge in [-0.2, -0.15) is 18.3 Å². The fourth-order valence-electron chi connectivity index (χ4n) is 3.55. The predicted octanol–water partition coefficient (Wildman–Crippen LogP) is 7.19. The van der Waals surface area contributed by atoms with Crippen LogP contribution in [0, 0.1) is 13.8 Å². The van der Waals surface area contributed by atoms with Crippen LogP contribution in [-0.4, -0.2) is 15.8 Å². The lowest BCUT2D eigenvalue weighted by Crippen LogP contribution is -2.05. The summed E-state index contributed by atoms with van der Waals surface area (Å²) in [6.45, 7) is 4.40. The number of alkyl halides is 3. The molecule has 9 heteroatoms. The summed E-state index contributed by atoms with van der Waals surface area (Å²) in [5.41, 5.74) is 6.68. The van der Waals surface area contributed by atoms with Crippen molar-refractivity contribution in [2.75, 3.05) is 5.43 Å². The maximum absolute atomic E-state index is 12.7. The molecule has 1 N–H and O–H groups in total. The Morgan fingerprint density at radius 2 is 1.74 bits per heavy atom.